The number of hydrogen-bond acceptors (Lipinski definition) is 4. The molecule has 0 aromatic rings. The SMILES string of the molecule is CCCCCCCCCOC(=O)CCC(=O)OC1C2CC3CC(C2)CC1C3. The van der Waals surface area contributed by atoms with Gasteiger partial charge in [-0.25, -0.2) is 0 Å². The van der Waals surface area contributed by atoms with Crippen LogP contribution in [0.25, 0.3) is 0 Å². The van der Waals surface area contributed by atoms with Crippen molar-refractivity contribution >= 4 is 11.9 Å². The molecule has 4 aliphatic carbocycles. The number of unbranched alkanes of at least 4 members (excludes halogenated alkanes) is 6. The minimum atomic E-state index is -0.261. The molecule has 0 aromatic heterocycles. The van der Waals surface area contributed by atoms with Crippen molar-refractivity contribution < 1.29 is 19.1 Å². The molecule has 4 saturated carbocycles. The zero-order chi connectivity index (χ0) is 19.1. The molecule has 154 valence electrons. The molecule has 0 aromatic carbocycles. The second kappa shape index (κ2) is 10.5. The molecule has 0 saturated heterocycles. The summed E-state index contributed by atoms with van der Waals surface area (Å²) in [7, 11) is 0. The Morgan fingerprint density at radius 1 is 0.741 bits per heavy atom. The Balaban J connectivity index is 1.23. The third-order valence-corrected chi connectivity index (χ3v) is 6.95. The summed E-state index contributed by atoms with van der Waals surface area (Å²) in [4.78, 5) is 24.0. The predicted molar refractivity (Wildman–Crippen MR) is 105 cm³/mol. The average Bonchev–Trinajstić information content (AvgIpc) is 2.64. The van der Waals surface area contributed by atoms with Gasteiger partial charge < -0.3 is 9.47 Å². The third kappa shape index (κ3) is 6.22. The molecule has 0 aliphatic heterocycles. The summed E-state index contributed by atoms with van der Waals surface area (Å²) in [6, 6.07) is 0. The van der Waals surface area contributed by atoms with Gasteiger partial charge in [0.25, 0.3) is 0 Å². The lowest BCUT2D eigenvalue weighted by molar-refractivity contribution is -0.172. The molecule has 4 fully saturated rings. The molecule has 0 unspecified atom stereocenters. The Labute approximate surface area is 164 Å². The standard InChI is InChI=1S/C23H38O4/c1-2-3-4-5-6-7-8-11-26-21(24)9-10-22(25)27-23-19-13-17-12-18(15-19)16-20(23)14-17/h17-20,23H,2-16H2,1H3. The fourth-order valence-corrected chi connectivity index (χ4v) is 5.80. The maximum absolute atomic E-state index is 12.2. The molecule has 27 heavy (non-hydrogen) atoms. The zero-order valence-electron chi connectivity index (χ0n) is 17.1. The second-order valence-corrected chi connectivity index (χ2v) is 9.23. The Morgan fingerprint density at radius 3 is 1.93 bits per heavy atom. The van der Waals surface area contributed by atoms with Crippen molar-refractivity contribution in [2.75, 3.05) is 6.61 Å². The topological polar surface area (TPSA) is 52.6 Å². The first-order valence-corrected chi connectivity index (χ1v) is 11.5. The van der Waals surface area contributed by atoms with Crippen LogP contribution in [0.4, 0.5) is 0 Å². The molecule has 0 atom stereocenters. The van der Waals surface area contributed by atoms with Crippen LogP contribution in [0, 0.1) is 23.7 Å². The van der Waals surface area contributed by atoms with E-state index in [-0.39, 0.29) is 30.9 Å². The highest BCUT2D eigenvalue weighted by Gasteiger charge is 2.49. The van der Waals surface area contributed by atoms with Crippen LogP contribution in [0.1, 0.15) is 96.8 Å². The largest absolute Gasteiger partial charge is 0.466 e. The number of esters is 2. The lowest BCUT2D eigenvalue weighted by Gasteiger charge is -2.53. The van der Waals surface area contributed by atoms with E-state index in [1.54, 1.807) is 0 Å². The van der Waals surface area contributed by atoms with Gasteiger partial charge in [-0.3, -0.25) is 9.59 Å². The quantitative estimate of drug-likeness (QED) is 0.336. The van der Waals surface area contributed by atoms with E-state index < -0.39 is 0 Å². The highest BCUT2D eigenvalue weighted by Crippen LogP contribution is 2.54. The van der Waals surface area contributed by atoms with E-state index in [0.717, 1.165) is 24.7 Å². The highest BCUT2D eigenvalue weighted by molar-refractivity contribution is 5.77. The molecule has 4 aliphatic rings. The molecule has 0 radical (unpaired) electrons. The highest BCUT2D eigenvalue weighted by atomic mass is 16.5. The van der Waals surface area contributed by atoms with Crippen molar-refractivity contribution in [1.29, 1.82) is 0 Å². The van der Waals surface area contributed by atoms with Crippen molar-refractivity contribution in [3.05, 3.63) is 0 Å². The summed E-state index contributed by atoms with van der Waals surface area (Å²) in [5.74, 6) is 2.44. The van der Waals surface area contributed by atoms with Crippen LogP contribution in [0.2, 0.25) is 0 Å². The van der Waals surface area contributed by atoms with Crippen LogP contribution in [0.15, 0.2) is 0 Å². The van der Waals surface area contributed by atoms with Gasteiger partial charge in [0.05, 0.1) is 19.4 Å². The summed E-state index contributed by atoms with van der Waals surface area (Å²) in [6.07, 6.45) is 15.2. The van der Waals surface area contributed by atoms with Crippen molar-refractivity contribution in [2.45, 2.75) is 103 Å². The normalized spacial score (nSPS) is 31.1. The first kappa shape index (κ1) is 20.7. The van der Waals surface area contributed by atoms with E-state index >= 15 is 0 Å². The number of ether oxygens (including phenoxy) is 2. The summed E-state index contributed by atoms with van der Waals surface area (Å²) >= 11 is 0. The molecule has 4 nitrogen and oxygen atoms in total. The maximum Gasteiger partial charge on any atom is 0.306 e. The van der Waals surface area contributed by atoms with Gasteiger partial charge in [-0.15, -0.1) is 0 Å². The van der Waals surface area contributed by atoms with Crippen LogP contribution in [-0.4, -0.2) is 24.6 Å². The van der Waals surface area contributed by atoms with E-state index in [9.17, 15) is 9.59 Å². The van der Waals surface area contributed by atoms with Crippen LogP contribution in [0.5, 0.6) is 0 Å². The Bertz CT molecular complexity index is 459. The van der Waals surface area contributed by atoms with E-state index in [0.29, 0.717) is 18.4 Å². The van der Waals surface area contributed by atoms with E-state index in [1.807, 2.05) is 0 Å². The van der Waals surface area contributed by atoms with E-state index in [2.05, 4.69) is 6.92 Å². The number of hydrogen-bond donors (Lipinski definition) is 0. The van der Waals surface area contributed by atoms with Crippen LogP contribution < -0.4 is 0 Å². The smallest absolute Gasteiger partial charge is 0.306 e. The van der Waals surface area contributed by atoms with Crippen molar-refractivity contribution in [1.82, 2.24) is 0 Å². The van der Waals surface area contributed by atoms with Gasteiger partial charge >= 0.3 is 11.9 Å². The van der Waals surface area contributed by atoms with Gasteiger partial charge in [0.2, 0.25) is 0 Å². The van der Waals surface area contributed by atoms with Gasteiger partial charge in [0.1, 0.15) is 6.10 Å². The lowest BCUT2D eigenvalue weighted by atomic mass is 9.55. The molecule has 0 amide bonds. The Hall–Kier alpha value is -1.06. The average molecular weight is 379 g/mol. The monoisotopic (exact) mass is 378 g/mol. The summed E-state index contributed by atoms with van der Waals surface area (Å²) in [5.41, 5.74) is 0. The van der Waals surface area contributed by atoms with Crippen molar-refractivity contribution in [3.8, 4) is 0 Å². The first-order chi connectivity index (χ1) is 13.2. The predicted octanol–water partition coefficient (Wildman–Crippen LogP) is 5.43. The fourth-order valence-electron chi connectivity index (χ4n) is 5.80. The molecule has 0 N–H and O–H groups in total. The summed E-state index contributed by atoms with van der Waals surface area (Å²) < 4.78 is 11.1. The van der Waals surface area contributed by atoms with Crippen molar-refractivity contribution in [2.24, 2.45) is 23.7 Å². The van der Waals surface area contributed by atoms with E-state index in [1.165, 1.54) is 64.2 Å². The zero-order valence-corrected chi connectivity index (χ0v) is 17.1. The molecule has 4 rings (SSSR count). The lowest BCUT2D eigenvalue weighted by Crippen LogP contribution is -2.50. The second-order valence-electron chi connectivity index (χ2n) is 9.23. The molecule has 4 heteroatoms. The third-order valence-electron chi connectivity index (χ3n) is 6.95. The van der Waals surface area contributed by atoms with Crippen LogP contribution in [-0.2, 0) is 19.1 Å². The van der Waals surface area contributed by atoms with Gasteiger partial charge in [0, 0.05) is 0 Å². The van der Waals surface area contributed by atoms with Crippen LogP contribution in [0.3, 0.4) is 0 Å². The first-order valence-electron chi connectivity index (χ1n) is 11.5. The van der Waals surface area contributed by atoms with Gasteiger partial charge in [-0.1, -0.05) is 45.4 Å². The number of rotatable bonds is 12. The summed E-state index contributed by atoms with van der Waals surface area (Å²) in [5, 5.41) is 0. The van der Waals surface area contributed by atoms with Gasteiger partial charge in [0.15, 0.2) is 0 Å². The van der Waals surface area contributed by atoms with Gasteiger partial charge in [-0.05, 0) is 62.2 Å². The molecular weight excluding hydrogens is 340 g/mol. The minimum Gasteiger partial charge on any atom is -0.466 e. The van der Waals surface area contributed by atoms with Crippen molar-refractivity contribution in [3.63, 3.8) is 0 Å². The molecular formula is C23H38O4. The Morgan fingerprint density at radius 2 is 1.30 bits per heavy atom. The number of carbonyl (C=O) groups excluding carboxylic acids is 2. The number of carbonyl (C=O) groups is 2. The fraction of sp³-hybridized carbons (Fsp3) is 0.913. The minimum absolute atomic E-state index is 0.119. The summed E-state index contributed by atoms with van der Waals surface area (Å²) in [6.45, 7) is 2.70. The Kier molecular flexibility index (Phi) is 8.02. The maximum atomic E-state index is 12.2. The molecule has 0 heterocycles. The van der Waals surface area contributed by atoms with Crippen LogP contribution >= 0.6 is 0 Å². The molecule has 4 bridgehead atoms. The van der Waals surface area contributed by atoms with E-state index in [4.69, 9.17) is 9.47 Å². The van der Waals surface area contributed by atoms with Gasteiger partial charge in [-0.2, -0.15) is 0 Å². The molecule has 0 spiro atoms.